The summed E-state index contributed by atoms with van der Waals surface area (Å²) in [5, 5.41) is 4.59. The zero-order valence-electron chi connectivity index (χ0n) is 16.0. The highest BCUT2D eigenvalue weighted by Crippen LogP contribution is 2.32. The molecule has 3 rings (SSSR count). The Balaban J connectivity index is 1.86. The Hall–Kier alpha value is -2.58. The lowest BCUT2D eigenvalue weighted by Gasteiger charge is -2.13. The number of aryl methyl sites for hydroxylation is 1. The van der Waals surface area contributed by atoms with Crippen LogP contribution in [-0.4, -0.2) is 32.7 Å². The first-order valence-corrected chi connectivity index (χ1v) is 10.9. The number of ether oxygens (including phenoxy) is 1. The highest BCUT2D eigenvalue weighted by atomic mass is 35.5. The van der Waals surface area contributed by atoms with Gasteiger partial charge in [-0.2, -0.15) is 0 Å². The third kappa shape index (κ3) is 4.89. The monoisotopic (exact) mass is 437 g/mol. The van der Waals surface area contributed by atoms with Crippen molar-refractivity contribution in [3.8, 4) is 5.75 Å². The van der Waals surface area contributed by atoms with Gasteiger partial charge in [0.25, 0.3) is 0 Å². The van der Waals surface area contributed by atoms with E-state index in [1.54, 1.807) is 13.0 Å². The summed E-state index contributed by atoms with van der Waals surface area (Å²) < 4.78 is 33.8. The number of nitrogens with one attached hydrogen (secondary N) is 1. The zero-order valence-corrected chi connectivity index (χ0v) is 17.5. The molecule has 154 valence electrons. The van der Waals surface area contributed by atoms with Crippen LogP contribution in [0.4, 0.5) is 0 Å². The standard InChI is InChI=1S/C20H20ClNO6S/c1-11(2)9-27-18-8-17-14(6-16(18)21)12(3)15(20(24)28-17)7-19(23)22-13-4-5-29(25,26)10-13/h4-6,8,13H,1,7,9-10H2,2-3H3,(H,22,23). The summed E-state index contributed by atoms with van der Waals surface area (Å²) in [6.07, 6.45) is 1.18. The van der Waals surface area contributed by atoms with Crippen molar-refractivity contribution < 1.29 is 22.4 Å². The number of carbonyl (C=O) groups excluding carboxylic acids is 1. The first-order valence-electron chi connectivity index (χ1n) is 8.79. The fraction of sp³-hybridized carbons (Fsp3) is 0.300. The van der Waals surface area contributed by atoms with E-state index in [0.717, 1.165) is 11.0 Å². The van der Waals surface area contributed by atoms with Gasteiger partial charge in [0.15, 0.2) is 9.84 Å². The summed E-state index contributed by atoms with van der Waals surface area (Å²) >= 11 is 6.28. The molecule has 0 saturated carbocycles. The van der Waals surface area contributed by atoms with Gasteiger partial charge in [-0.1, -0.05) is 18.2 Å². The van der Waals surface area contributed by atoms with E-state index in [4.69, 9.17) is 20.8 Å². The molecule has 7 nitrogen and oxygen atoms in total. The van der Waals surface area contributed by atoms with E-state index in [9.17, 15) is 18.0 Å². The molecule has 1 amide bonds. The molecule has 29 heavy (non-hydrogen) atoms. The fourth-order valence-electron chi connectivity index (χ4n) is 2.99. The van der Waals surface area contributed by atoms with E-state index in [0.29, 0.717) is 27.3 Å². The van der Waals surface area contributed by atoms with Crippen molar-refractivity contribution in [3.63, 3.8) is 0 Å². The Morgan fingerprint density at radius 2 is 2.14 bits per heavy atom. The Morgan fingerprint density at radius 3 is 2.76 bits per heavy atom. The minimum absolute atomic E-state index is 0.187. The number of amides is 1. The zero-order chi connectivity index (χ0) is 21.3. The van der Waals surface area contributed by atoms with Crippen molar-refractivity contribution in [2.24, 2.45) is 0 Å². The maximum absolute atomic E-state index is 12.4. The number of sulfone groups is 1. The van der Waals surface area contributed by atoms with Crippen molar-refractivity contribution in [3.05, 3.63) is 62.3 Å². The van der Waals surface area contributed by atoms with E-state index in [1.807, 2.05) is 6.92 Å². The van der Waals surface area contributed by atoms with Crippen LogP contribution < -0.4 is 15.7 Å². The third-order valence-corrected chi connectivity index (χ3v) is 6.12. The van der Waals surface area contributed by atoms with Gasteiger partial charge in [0.1, 0.15) is 17.9 Å². The lowest BCUT2D eigenvalue weighted by Crippen LogP contribution is -2.37. The highest BCUT2D eigenvalue weighted by Gasteiger charge is 2.24. The average Bonchev–Trinajstić information content (AvgIpc) is 2.96. The van der Waals surface area contributed by atoms with Gasteiger partial charge in [0, 0.05) is 16.9 Å². The number of rotatable bonds is 6. The second-order valence-corrected chi connectivity index (χ2v) is 9.36. The van der Waals surface area contributed by atoms with Crippen LogP contribution in [0, 0.1) is 6.92 Å². The first kappa shape index (κ1) is 21.1. The van der Waals surface area contributed by atoms with Crippen LogP contribution in [-0.2, 0) is 21.1 Å². The van der Waals surface area contributed by atoms with Gasteiger partial charge in [-0.3, -0.25) is 4.79 Å². The van der Waals surface area contributed by atoms with Gasteiger partial charge in [-0.25, -0.2) is 13.2 Å². The van der Waals surface area contributed by atoms with E-state index < -0.39 is 27.4 Å². The summed E-state index contributed by atoms with van der Waals surface area (Å²) in [6, 6.07) is 2.55. The Kier molecular flexibility index (Phi) is 5.86. The Morgan fingerprint density at radius 1 is 1.41 bits per heavy atom. The van der Waals surface area contributed by atoms with Crippen LogP contribution in [0.5, 0.6) is 5.75 Å². The van der Waals surface area contributed by atoms with Gasteiger partial charge >= 0.3 is 5.63 Å². The lowest BCUT2D eigenvalue weighted by molar-refractivity contribution is -0.120. The number of hydrogen-bond acceptors (Lipinski definition) is 6. The molecule has 1 aliphatic heterocycles. The fourth-order valence-corrected chi connectivity index (χ4v) is 4.44. The van der Waals surface area contributed by atoms with Crippen molar-refractivity contribution in [2.75, 3.05) is 12.4 Å². The van der Waals surface area contributed by atoms with Gasteiger partial charge in [0.2, 0.25) is 5.91 Å². The molecular formula is C20H20ClNO6S. The molecule has 1 aromatic heterocycles. The molecule has 9 heteroatoms. The van der Waals surface area contributed by atoms with E-state index in [1.165, 1.54) is 12.1 Å². The van der Waals surface area contributed by atoms with Crippen LogP contribution in [0.25, 0.3) is 11.0 Å². The molecule has 0 radical (unpaired) electrons. The van der Waals surface area contributed by atoms with Gasteiger partial charge in [0.05, 0.1) is 28.8 Å². The molecule has 0 spiro atoms. The van der Waals surface area contributed by atoms with Crippen molar-refractivity contribution >= 4 is 38.3 Å². The number of benzene rings is 1. The minimum Gasteiger partial charge on any atom is -0.488 e. The van der Waals surface area contributed by atoms with Crippen molar-refractivity contribution in [1.29, 1.82) is 0 Å². The SMILES string of the molecule is C=C(C)COc1cc2oc(=O)c(CC(=O)NC3C=CS(=O)(=O)C3)c(C)c2cc1Cl. The highest BCUT2D eigenvalue weighted by molar-refractivity contribution is 7.94. The number of halogens is 1. The van der Waals surface area contributed by atoms with Gasteiger partial charge < -0.3 is 14.5 Å². The van der Waals surface area contributed by atoms with Gasteiger partial charge in [-0.05, 0) is 37.1 Å². The van der Waals surface area contributed by atoms with Crippen LogP contribution in [0.1, 0.15) is 18.1 Å². The molecule has 0 saturated heterocycles. The summed E-state index contributed by atoms with van der Waals surface area (Å²) in [5.74, 6) is -0.296. The van der Waals surface area contributed by atoms with Crippen molar-refractivity contribution in [2.45, 2.75) is 26.3 Å². The smallest absolute Gasteiger partial charge is 0.340 e. The minimum atomic E-state index is -3.29. The normalized spacial score (nSPS) is 17.4. The molecule has 0 bridgehead atoms. The summed E-state index contributed by atoms with van der Waals surface area (Å²) in [5.41, 5.74) is 1.21. The molecule has 2 heterocycles. The van der Waals surface area contributed by atoms with Crippen LogP contribution in [0.3, 0.4) is 0 Å². The second kappa shape index (κ2) is 8.04. The van der Waals surface area contributed by atoms with E-state index in [-0.39, 0.29) is 24.3 Å². The molecule has 1 N–H and O–H groups in total. The predicted octanol–water partition coefficient (Wildman–Crippen LogP) is 2.68. The molecule has 0 fully saturated rings. The molecule has 0 aliphatic carbocycles. The molecule has 1 unspecified atom stereocenters. The number of hydrogen-bond donors (Lipinski definition) is 1. The second-order valence-electron chi connectivity index (χ2n) is 7.03. The molecule has 1 aromatic carbocycles. The molecule has 1 aliphatic rings. The molecular weight excluding hydrogens is 418 g/mol. The molecule has 1 atom stereocenters. The maximum Gasteiger partial charge on any atom is 0.340 e. The summed E-state index contributed by atoms with van der Waals surface area (Å²) in [7, 11) is -3.29. The Labute approximate surface area is 172 Å². The third-order valence-electron chi connectivity index (χ3n) is 4.43. The van der Waals surface area contributed by atoms with E-state index >= 15 is 0 Å². The summed E-state index contributed by atoms with van der Waals surface area (Å²) in [6.45, 7) is 7.55. The first-order chi connectivity index (χ1) is 13.6. The number of carbonyl (C=O) groups is 1. The summed E-state index contributed by atoms with van der Waals surface area (Å²) in [4.78, 5) is 24.8. The molecule has 2 aromatic rings. The van der Waals surface area contributed by atoms with Crippen LogP contribution in [0.2, 0.25) is 5.02 Å². The van der Waals surface area contributed by atoms with Crippen molar-refractivity contribution in [1.82, 2.24) is 5.32 Å². The van der Waals surface area contributed by atoms with Crippen LogP contribution >= 0.6 is 11.6 Å². The van der Waals surface area contributed by atoms with Crippen LogP contribution in [0.15, 0.2) is 45.0 Å². The van der Waals surface area contributed by atoms with E-state index in [2.05, 4.69) is 11.9 Å². The average molecular weight is 438 g/mol. The maximum atomic E-state index is 12.4. The lowest BCUT2D eigenvalue weighted by atomic mass is 10.0. The quantitative estimate of drug-likeness (QED) is 0.550. The largest absolute Gasteiger partial charge is 0.488 e. The topological polar surface area (TPSA) is 103 Å². The number of fused-ring (bicyclic) bond motifs is 1. The van der Waals surface area contributed by atoms with Gasteiger partial charge in [-0.15, -0.1) is 0 Å². The Bertz CT molecular complexity index is 1200. The predicted molar refractivity (Wildman–Crippen MR) is 111 cm³/mol.